The highest BCUT2D eigenvalue weighted by Gasteiger charge is 2.12. The number of para-hydroxylation sites is 1. The van der Waals surface area contributed by atoms with Crippen LogP contribution in [0.4, 0.5) is 0 Å². The Balaban J connectivity index is 1.75. The fourth-order valence-corrected chi connectivity index (χ4v) is 2.03. The summed E-state index contributed by atoms with van der Waals surface area (Å²) in [5.41, 5.74) is 4.72. The lowest BCUT2D eigenvalue weighted by atomic mass is 10.2. The minimum Gasteiger partial charge on any atom is -0.486 e. The molecule has 0 bridgehead atoms. The second kappa shape index (κ2) is 9.39. The van der Waals surface area contributed by atoms with Gasteiger partial charge < -0.3 is 9.15 Å². The summed E-state index contributed by atoms with van der Waals surface area (Å²) in [7, 11) is 0. The quantitative estimate of drug-likeness (QED) is 0.575. The fourth-order valence-electron chi connectivity index (χ4n) is 2.03. The largest absolute Gasteiger partial charge is 0.486 e. The van der Waals surface area contributed by atoms with Crippen molar-refractivity contribution in [3.8, 4) is 5.75 Å². The first-order valence-electron chi connectivity index (χ1n) is 8.04. The van der Waals surface area contributed by atoms with Gasteiger partial charge in [-0.25, -0.2) is 0 Å². The maximum atomic E-state index is 11.9. The molecule has 6 nitrogen and oxygen atoms in total. The topological polar surface area (TPSA) is 80.6 Å². The third kappa shape index (κ3) is 5.79. The highest BCUT2D eigenvalue weighted by Crippen LogP contribution is 2.13. The molecular weight excluding hydrogens is 308 g/mol. The van der Waals surface area contributed by atoms with Crippen molar-refractivity contribution in [1.82, 2.24) is 10.9 Å². The van der Waals surface area contributed by atoms with Gasteiger partial charge in [0.15, 0.2) is 5.76 Å². The molecule has 0 fully saturated rings. The van der Waals surface area contributed by atoms with Crippen LogP contribution < -0.4 is 15.6 Å². The summed E-state index contributed by atoms with van der Waals surface area (Å²) < 4.78 is 11.0. The molecule has 2 N–H and O–H groups in total. The van der Waals surface area contributed by atoms with Crippen molar-refractivity contribution in [1.29, 1.82) is 0 Å². The average molecular weight is 330 g/mol. The smallest absolute Gasteiger partial charge is 0.305 e. The number of hydrogen-bond donors (Lipinski definition) is 2. The molecule has 2 amide bonds. The number of carbonyl (C=O) groups excluding carboxylic acids is 2. The standard InChI is InChI=1S/C18H22N2O4/c1-2-3-5-10-17(21)19-20-18(22)16-12-11-15(24-16)13-23-14-8-6-4-7-9-14/h4,6-9,11-12H,2-3,5,10,13H2,1H3,(H,19,21)(H,20,22). The second-order valence-corrected chi connectivity index (χ2v) is 5.33. The monoisotopic (exact) mass is 330 g/mol. The molecule has 2 rings (SSSR count). The van der Waals surface area contributed by atoms with Crippen LogP contribution in [0.2, 0.25) is 0 Å². The molecule has 2 aromatic rings. The lowest BCUT2D eigenvalue weighted by molar-refractivity contribution is -0.122. The molecule has 24 heavy (non-hydrogen) atoms. The summed E-state index contributed by atoms with van der Waals surface area (Å²) in [6.07, 6.45) is 3.23. The van der Waals surface area contributed by atoms with Crippen LogP contribution in [0.1, 0.15) is 48.9 Å². The molecule has 0 saturated carbocycles. The zero-order valence-electron chi connectivity index (χ0n) is 13.7. The normalized spacial score (nSPS) is 10.2. The van der Waals surface area contributed by atoms with Crippen LogP contribution in [0.25, 0.3) is 0 Å². The van der Waals surface area contributed by atoms with Gasteiger partial charge in [0.05, 0.1) is 0 Å². The molecule has 128 valence electrons. The Hall–Kier alpha value is -2.76. The molecular formula is C18H22N2O4. The van der Waals surface area contributed by atoms with Gasteiger partial charge >= 0.3 is 5.91 Å². The first kappa shape index (κ1) is 17.6. The second-order valence-electron chi connectivity index (χ2n) is 5.33. The number of ether oxygens (including phenoxy) is 1. The molecule has 0 atom stereocenters. The molecule has 0 aliphatic carbocycles. The number of nitrogens with one attached hydrogen (secondary N) is 2. The van der Waals surface area contributed by atoms with Crippen molar-refractivity contribution in [3.05, 3.63) is 54.0 Å². The van der Waals surface area contributed by atoms with Crippen molar-refractivity contribution in [2.24, 2.45) is 0 Å². The number of hydrazine groups is 1. The highest BCUT2D eigenvalue weighted by atomic mass is 16.5. The number of amides is 2. The Morgan fingerprint density at radius 3 is 2.58 bits per heavy atom. The minimum absolute atomic E-state index is 0.121. The van der Waals surface area contributed by atoms with Gasteiger partial charge in [-0.1, -0.05) is 38.0 Å². The molecule has 0 radical (unpaired) electrons. The molecule has 0 saturated heterocycles. The van der Waals surface area contributed by atoms with Crippen molar-refractivity contribution in [2.45, 2.75) is 39.2 Å². The molecule has 1 aromatic carbocycles. The van der Waals surface area contributed by atoms with Gasteiger partial charge in [-0.2, -0.15) is 0 Å². The van der Waals surface area contributed by atoms with Crippen LogP contribution in [-0.4, -0.2) is 11.8 Å². The molecule has 6 heteroatoms. The third-order valence-electron chi connectivity index (χ3n) is 3.33. The predicted octanol–water partition coefficient (Wildman–Crippen LogP) is 3.20. The Morgan fingerprint density at radius 2 is 1.83 bits per heavy atom. The van der Waals surface area contributed by atoms with Gasteiger partial charge in [-0.3, -0.25) is 20.4 Å². The predicted molar refractivity (Wildman–Crippen MR) is 89.2 cm³/mol. The third-order valence-corrected chi connectivity index (χ3v) is 3.33. The Bertz CT molecular complexity index is 652. The maximum Gasteiger partial charge on any atom is 0.305 e. The zero-order valence-corrected chi connectivity index (χ0v) is 13.7. The van der Waals surface area contributed by atoms with Gasteiger partial charge in [0.2, 0.25) is 5.91 Å². The lowest BCUT2D eigenvalue weighted by Gasteiger charge is -2.06. The van der Waals surface area contributed by atoms with E-state index in [2.05, 4.69) is 17.8 Å². The first-order valence-corrected chi connectivity index (χ1v) is 8.04. The molecule has 0 aliphatic heterocycles. The summed E-state index contributed by atoms with van der Waals surface area (Å²) in [5.74, 6) is 0.661. The number of benzene rings is 1. The molecule has 0 aliphatic rings. The van der Waals surface area contributed by atoms with Crippen LogP contribution in [0.15, 0.2) is 46.9 Å². The summed E-state index contributed by atoms with van der Waals surface area (Å²) in [6, 6.07) is 12.5. The van der Waals surface area contributed by atoms with E-state index in [-0.39, 0.29) is 18.3 Å². The van der Waals surface area contributed by atoms with E-state index in [1.54, 1.807) is 12.1 Å². The van der Waals surface area contributed by atoms with Crippen LogP contribution in [0.5, 0.6) is 5.75 Å². The Kier molecular flexibility index (Phi) is 6.89. The number of rotatable bonds is 8. The van der Waals surface area contributed by atoms with Crippen LogP contribution >= 0.6 is 0 Å². The molecule has 0 unspecified atom stereocenters. The van der Waals surface area contributed by atoms with E-state index in [1.165, 1.54) is 0 Å². The summed E-state index contributed by atoms with van der Waals surface area (Å²) >= 11 is 0. The van der Waals surface area contributed by atoms with E-state index in [9.17, 15) is 9.59 Å². The van der Waals surface area contributed by atoms with E-state index in [0.29, 0.717) is 12.2 Å². The van der Waals surface area contributed by atoms with Gasteiger partial charge in [0, 0.05) is 6.42 Å². The summed E-state index contributed by atoms with van der Waals surface area (Å²) in [4.78, 5) is 23.4. The molecule has 0 spiro atoms. The van der Waals surface area contributed by atoms with Gasteiger partial charge in [-0.05, 0) is 30.7 Å². The zero-order chi connectivity index (χ0) is 17.2. The van der Waals surface area contributed by atoms with Crippen molar-refractivity contribution >= 4 is 11.8 Å². The average Bonchev–Trinajstić information content (AvgIpc) is 3.08. The van der Waals surface area contributed by atoms with Crippen LogP contribution in [-0.2, 0) is 11.4 Å². The SMILES string of the molecule is CCCCCC(=O)NNC(=O)c1ccc(COc2ccccc2)o1. The lowest BCUT2D eigenvalue weighted by Crippen LogP contribution is -2.41. The van der Waals surface area contributed by atoms with Crippen molar-refractivity contribution < 1.29 is 18.7 Å². The minimum atomic E-state index is -0.496. The van der Waals surface area contributed by atoms with Crippen molar-refractivity contribution in [2.75, 3.05) is 0 Å². The number of unbranched alkanes of at least 4 members (excludes halogenated alkanes) is 2. The van der Waals surface area contributed by atoms with E-state index >= 15 is 0 Å². The van der Waals surface area contributed by atoms with Gasteiger partial charge in [-0.15, -0.1) is 0 Å². The van der Waals surface area contributed by atoms with E-state index < -0.39 is 5.91 Å². The van der Waals surface area contributed by atoms with Crippen molar-refractivity contribution in [3.63, 3.8) is 0 Å². The van der Waals surface area contributed by atoms with E-state index in [0.717, 1.165) is 25.0 Å². The van der Waals surface area contributed by atoms with Crippen LogP contribution in [0.3, 0.4) is 0 Å². The van der Waals surface area contributed by atoms with Gasteiger partial charge in [0.25, 0.3) is 0 Å². The summed E-state index contributed by atoms with van der Waals surface area (Å²) in [5, 5.41) is 0. The van der Waals surface area contributed by atoms with Crippen LogP contribution in [0, 0.1) is 0 Å². The van der Waals surface area contributed by atoms with E-state index in [1.807, 2.05) is 30.3 Å². The summed E-state index contributed by atoms with van der Waals surface area (Å²) in [6.45, 7) is 2.29. The number of hydrogen-bond acceptors (Lipinski definition) is 4. The fraction of sp³-hybridized carbons (Fsp3) is 0.333. The molecule has 1 aromatic heterocycles. The Labute approximate surface area is 141 Å². The maximum absolute atomic E-state index is 11.9. The molecule has 1 heterocycles. The Morgan fingerprint density at radius 1 is 1.04 bits per heavy atom. The number of furan rings is 1. The highest BCUT2D eigenvalue weighted by molar-refractivity contribution is 5.92. The number of carbonyl (C=O) groups is 2. The first-order chi connectivity index (χ1) is 11.7. The van der Waals surface area contributed by atoms with Gasteiger partial charge in [0.1, 0.15) is 18.1 Å². The van der Waals surface area contributed by atoms with E-state index in [4.69, 9.17) is 9.15 Å².